The maximum Gasteiger partial charge on any atom is 0.240 e. The van der Waals surface area contributed by atoms with E-state index in [0.717, 1.165) is 0 Å². The van der Waals surface area contributed by atoms with Crippen LogP contribution < -0.4 is 16.8 Å². The average molecular weight is 187 g/mol. The van der Waals surface area contributed by atoms with E-state index in [2.05, 4.69) is 5.32 Å². The maximum absolute atomic E-state index is 10.7. The predicted octanol–water partition coefficient (Wildman–Crippen LogP) is -1.76. The Hall–Kier alpha value is -1.59. The Morgan fingerprint density at radius 3 is 2.15 bits per heavy atom. The highest BCUT2D eigenvalue weighted by Gasteiger charge is 2.16. The minimum Gasteiger partial charge on any atom is -0.370 e. The van der Waals surface area contributed by atoms with Crippen LogP contribution >= 0.6 is 0 Å². The Morgan fingerprint density at radius 1 is 1.31 bits per heavy atom. The highest BCUT2D eigenvalue weighted by molar-refractivity contribution is 5.86. The zero-order chi connectivity index (χ0) is 10.4. The number of carbonyl (C=O) groups excluding carboxylic acids is 3. The largest absolute Gasteiger partial charge is 0.370 e. The second-order valence-electron chi connectivity index (χ2n) is 2.66. The fraction of sp³-hybridized carbons (Fsp3) is 0.571. The van der Waals surface area contributed by atoms with E-state index in [1.54, 1.807) is 0 Å². The number of nitrogens with one attached hydrogen (secondary N) is 1. The highest BCUT2D eigenvalue weighted by Crippen LogP contribution is 1.95. The third-order valence-electron chi connectivity index (χ3n) is 1.40. The molecule has 0 aromatic rings. The summed E-state index contributed by atoms with van der Waals surface area (Å²) in [5, 5.41) is 2.31. The lowest BCUT2D eigenvalue weighted by atomic mass is 10.1. The Labute approximate surface area is 75.6 Å². The molecule has 0 radical (unpaired) electrons. The van der Waals surface area contributed by atoms with Gasteiger partial charge in [0.05, 0.1) is 0 Å². The van der Waals surface area contributed by atoms with Gasteiger partial charge in [0.25, 0.3) is 0 Å². The smallest absolute Gasteiger partial charge is 0.240 e. The van der Waals surface area contributed by atoms with Crippen molar-refractivity contribution < 1.29 is 14.4 Å². The quantitative estimate of drug-likeness (QED) is 0.473. The molecule has 0 saturated heterocycles. The molecular formula is C7H13N3O3. The molecule has 6 heteroatoms. The van der Waals surface area contributed by atoms with Crippen molar-refractivity contribution in [3.05, 3.63) is 0 Å². The first-order valence-electron chi connectivity index (χ1n) is 3.78. The SMILES string of the molecule is CC(=O)N[C@H](CCC(N)=O)C(N)=O. The molecule has 0 saturated carbocycles. The number of hydrogen-bond acceptors (Lipinski definition) is 3. The molecule has 0 heterocycles. The Kier molecular flexibility index (Phi) is 4.50. The second-order valence-corrected chi connectivity index (χ2v) is 2.66. The summed E-state index contributed by atoms with van der Waals surface area (Å²) >= 11 is 0. The molecule has 3 amide bonds. The number of nitrogens with two attached hydrogens (primary N) is 2. The van der Waals surface area contributed by atoms with Crippen molar-refractivity contribution in [2.24, 2.45) is 11.5 Å². The van der Waals surface area contributed by atoms with Gasteiger partial charge < -0.3 is 16.8 Å². The van der Waals surface area contributed by atoms with E-state index < -0.39 is 17.9 Å². The molecule has 5 N–H and O–H groups in total. The van der Waals surface area contributed by atoms with Crippen molar-refractivity contribution in [3.8, 4) is 0 Å². The van der Waals surface area contributed by atoms with E-state index in [-0.39, 0.29) is 18.7 Å². The molecule has 0 aliphatic rings. The molecule has 0 bridgehead atoms. The van der Waals surface area contributed by atoms with Crippen LogP contribution in [-0.4, -0.2) is 23.8 Å². The first-order valence-corrected chi connectivity index (χ1v) is 3.78. The van der Waals surface area contributed by atoms with Gasteiger partial charge in [-0.25, -0.2) is 0 Å². The molecule has 0 aromatic heterocycles. The number of carbonyl (C=O) groups is 3. The average Bonchev–Trinajstić information content (AvgIpc) is 1.96. The van der Waals surface area contributed by atoms with Crippen LogP contribution in [0.3, 0.4) is 0 Å². The Balaban J connectivity index is 4.02. The van der Waals surface area contributed by atoms with Crippen LogP contribution in [0, 0.1) is 0 Å². The Bertz CT molecular complexity index is 227. The topological polar surface area (TPSA) is 115 Å². The zero-order valence-corrected chi connectivity index (χ0v) is 7.37. The fourth-order valence-corrected chi connectivity index (χ4v) is 0.818. The van der Waals surface area contributed by atoms with E-state index >= 15 is 0 Å². The summed E-state index contributed by atoms with van der Waals surface area (Å²) in [6.45, 7) is 1.26. The first kappa shape index (κ1) is 11.4. The molecule has 13 heavy (non-hydrogen) atoms. The van der Waals surface area contributed by atoms with Crippen molar-refractivity contribution in [1.82, 2.24) is 5.32 Å². The van der Waals surface area contributed by atoms with Crippen molar-refractivity contribution in [2.75, 3.05) is 0 Å². The lowest BCUT2D eigenvalue weighted by Gasteiger charge is -2.12. The normalized spacial score (nSPS) is 11.8. The van der Waals surface area contributed by atoms with Gasteiger partial charge in [-0.05, 0) is 6.42 Å². The highest BCUT2D eigenvalue weighted by atomic mass is 16.2. The first-order chi connectivity index (χ1) is 5.93. The molecule has 0 unspecified atom stereocenters. The molecule has 74 valence electrons. The molecule has 0 spiro atoms. The summed E-state index contributed by atoms with van der Waals surface area (Å²) < 4.78 is 0. The maximum atomic E-state index is 10.7. The molecule has 0 aliphatic carbocycles. The number of primary amides is 2. The molecule has 1 atom stereocenters. The van der Waals surface area contributed by atoms with E-state index in [1.165, 1.54) is 6.92 Å². The number of amides is 3. The van der Waals surface area contributed by atoms with Crippen LogP contribution in [0.15, 0.2) is 0 Å². The monoisotopic (exact) mass is 187 g/mol. The van der Waals surface area contributed by atoms with Crippen LogP contribution in [0.1, 0.15) is 19.8 Å². The minimum absolute atomic E-state index is 0.0217. The standard InChI is InChI=1S/C7H13N3O3/c1-4(11)10-5(7(9)13)2-3-6(8)12/h5H,2-3H2,1H3,(H2,8,12)(H2,9,13)(H,10,11)/t5-/m1/s1. The summed E-state index contributed by atoms with van der Waals surface area (Å²) in [6, 6.07) is -0.815. The Morgan fingerprint density at radius 2 is 1.85 bits per heavy atom. The minimum atomic E-state index is -0.815. The summed E-state index contributed by atoms with van der Waals surface area (Å²) in [7, 11) is 0. The summed E-state index contributed by atoms with van der Waals surface area (Å²) in [5.41, 5.74) is 9.83. The van der Waals surface area contributed by atoms with Crippen molar-refractivity contribution >= 4 is 17.7 Å². The third-order valence-corrected chi connectivity index (χ3v) is 1.40. The summed E-state index contributed by atoms with van der Waals surface area (Å²) in [4.78, 5) is 31.6. The molecule has 0 rings (SSSR count). The van der Waals surface area contributed by atoms with Gasteiger partial charge in [-0.1, -0.05) is 0 Å². The van der Waals surface area contributed by atoms with Crippen LogP contribution in [-0.2, 0) is 14.4 Å². The molecule has 0 aliphatic heterocycles. The molecular weight excluding hydrogens is 174 g/mol. The van der Waals surface area contributed by atoms with Gasteiger partial charge in [-0.3, -0.25) is 14.4 Å². The van der Waals surface area contributed by atoms with Gasteiger partial charge >= 0.3 is 0 Å². The van der Waals surface area contributed by atoms with E-state index in [9.17, 15) is 14.4 Å². The van der Waals surface area contributed by atoms with E-state index in [4.69, 9.17) is 11.5 Å². The lowest BCUT2D eigenvalue weighted by molar-refractivity contribution is -0.126. The number of rotatable bonds is 5. The van der Waals surface area contributed by atoms with E-state index in [0.29, 0.717) is 0 Å². The predicted molar refractivity (Wildman–Crippen MR) is 45.2 cm³/mol. The molecule has 0 aromatic carbocycles. The zero-order valence-electron chi connectivity index (χ0n) is 7.37. The van der Waals surface area contributed by atoms with Gasteiger partial charge in [0.15, 0.2) is 0 Å². The fourth-order valence-electron chi connectivity index (χ4n) is 0.818. The molecule has 0 fully saturated rings. The van der Waals surface area contributed by atoms with Gasteiger partial charge in [-0.15, -0.1) is 0 Å². The van der Waals surface area contributed by atoms with Crippen molar-refractivity contribution in [1.29, 1.82) is 0 Å². The van der Waals surface area contributed by atoms with Gasteiger partial charge in [0.2, 0.25) is 17.7 Å². The van der Waals surface area contributed by atoms with Gasteiger partial charge in [0, 0.05) is 13.3 Å². The summed E-state index contributed by atoms with van der Waals surface area (Å²) in [5.74, 6) is -1.57. The molecule has 6 nitrogen and oxygen atoms in total. The van der Waals surface area contributed by atoms with Crippen molar-refractivity contribution in [3.63, 3.8) is 0 Å². The van der Waals surface area contributed by atoms with Crippen LogP contribution in [0.5, 0.6) is 0 Å². The van der Waals surface area contributed by atoms with Crippen LogP contribution in [0.4, 0.5) is 0 Å². The van der Waals surface area contributed by atoms with Crippen molar-refractivity contribution in [2.45, 2.75) is 25.8 Å². The second kappa shape index (κ2) is 5.13. The number of hydrogen-bond donors (Lipinski definition) is 3. The van der Waals surface area contributed by atoms with E-state index in [1.807, 2.05) is 0 Å². The lowest BCUT2D eigenvalue weighted by Crippen LogP contribution is -2.44. The van der Waals surface area contributed by atoms with Gasteiger partial charge in [-0.2, -0.15) is 0 Å². The van der Waals surface area contributed by atoms with Gasteiger partial charge in [0.1, 0.15) is 6.04 Å². The third kappa shape index (κ3) is 5.66. The van der Waals surface area contributed by atoms with Crippen LogP contribution in [0.25, 0.3) is 0 Å². The summed E-state index contributed by atoms with van der Waals surface area (Å²) in [6.07, 6.45) is 0.165. The van der Waals surface area contributed by atoms with Crippen LogP contribution in [0.2, 0.25) is 0 Å².